The largest absolute Gasteiger partial charge is 0.494 e. The van der Waals surface area contributed by atoms with Gasteiger partial charge in [-0.3, -0.25) is 5.32 Å². The Labute approximate surface area is 232 Å². The summed E-state index contributed by atoms with van der Waals surface area (Å²) in [6.45, 7) is 3.15. The first-order valence-electron chi connectivity index (χ1n) is 14.6. The van der Waals surface area contributed by atoms with Crippen LogP contribution in [0.1, 0.15) is 77.0 Å². The maximum absolute atomic E-state index is 12.9. The number of ether oxygens (including phenoxy) is 2. The number of hydrogen-bond acceptors (Lipinski definition) is 7. The van der Waals surface area contributed by atoms with Crippen LogP contribution in [0.2, 0.25) is 0 Å². The molecule has 9 heteroatoms. The third-order valence-corrected chi connectivity index (χ3v) is 9.22. The topological polar surface area (TPSA) is 79.0 Å². The maximum Gasteiger partial charge on any atom is 0.323 e. The number of benzene rings is 1. The van der Waals surface area contributed by atoms with Crippen molar-refractivity contribution < 1.29 is 14.3 Å². The van der Waals surface area contributed by atoms with Crippen LogP contribution in [0.4, 0.5) is 15.6 Å². The summed E-state index contributed by atoms with van der Waals surface area (Å²) in [6.07, 6.45) is 15.7. The van der Waals surface area contributed by atoms with E-state index in [2.05, 4.69) is 28.6 Å². The third-order valence-electron chi connectivity index (χ3n) is 8.23. The van der Waals surface area contributed by atoms with Crippen molar-refractivity contribution in [1.29, 1.82) is 0 Å². The molecule has 38 heavy (non-hydrogen) atoms. The van der Waals surface area contributed by atoms with E-state index in [-0.39, 0.29) is 6.03 Å². The van der Waals surface area contributed by atoms with Gasteiger partial charge in [0, 0.05) is 32.2 Å². The van der Waals surface area contributed by atoms with Crippen molar-refractivity contribution in [3.05, 3.63) is 12.1 Å². The van der Waals surface area contributed by atoms with Crippen LogP contribution in [0.5, 0.6) is 5.75 Å². The number of anilines is 2. The highest BCUT2D eigenvalue weighted by Crippen LogP contribution is 2.39. The molecule has 0 bridgehead atoms. The number of hydrogen-bond donors (Lipinski definition) is 2. The fourth-order valence-electron chi connectivity index (χ4n) is 5.80. The van der Waals surface area contributed by atoms with E-state index in [1.165, 1.54) is 75.5 Å². The molecule has 0 spiro atoms. The standard InChI is InChI=1S/C21H30N4O3S.C8H17N/c1-24(15-7-5-3-4-6-8-15)21(26)23-20-22-18-17(27-2)10-9-16(19(18)29-20)25-11-13-28-14-12-25;1-9-8-6-4-2-3-5-7-8/h9-10,15H,3-8,11-14H2,1-2H3,(H,22,23,26);8-9H,2-7H2,1H3. The van der Waals surface area contributed by atoms with E-state index in [9.17, 15) is 4.79 Å². The van der Waals surface area contributed by atoms with Crippen LogP contribution in [0.3, 0.4) is 0 Å². The van der Waals surface area contributed by atoms with Crippen molar-refractivity contribution in [1.82, 2.24) is 15.2 Å². The molecule has 1 aliphatic heterocycles. The van der Waals surface area contributed by atoms with E-state index in [1.807, 2.05) is 18.0 Å². The van der Waals surface area contributed by atoms with E-state index in [0.717, 1.165) is 66.8 Å². The first-order valence-corrected chi connectivity index (χ1v) is 15.4. The van der Waals surface area contributed by atoms with Gasteiger partial charge in [0.2, 0.25) is 0 Å². The summed E-state index contributed by atoms with van der Waals surface area (Å²) in [5, 5.41) is 6.99. The Bertz CT molecular complexity index is 994. The zero-order valence-corrected chi connectivity index (χ0v) is 24.4. The van der Waals surface area contributed by atoms with Gasteiger partial charge in [0.25, 0.3) is 0 Å². The van der Waals surface area contributed by atoms with Crippen molar-refractivity contribution in [2.45, 2.75) is 89.1 Å². The van der Waals surface area contributed by atoms with E-state index in [1.54, 1.807) is 7.11 Å². The van der Waals surface area contributed by atoms with Gasteiger partial charge in [-0.1, -0.05) is 62.7 Å². The molecule has 212 valence electrons. The second-order valence-corrected chi connectivity index (χ2v) is 11.7. The highest BCUT2D eigenvalue weighted by Gasteiger charge is 2.24. The molecule has 5 rings (SSSR count). The van der Waals surface area contributed by atoms with Crippen LogP contribution in [0.15, 0.2) is 12.1 Å². The molecule has 2 aliphatic carbocycles. The summed E-state index contributed by atoms with van der Waals surface area (Å²) < 4.78 is 12.1. The number of methoxy groups -OCH3 is 1. The van der Waals surface area contributed by atoms with Crippen molar-refractivity contribution >= 4 is 38.4 Å². The SMILES string of the molecule is CNC1CCCCCC1.COc1ccc(N2CCOCC2)c2sc(NC(=O)N(C)C3CCCCCC3)nc12. The van der Waals surface area contributed by atoms with E-state index in [4.69, 9.17) is 14.5 Å². The van der Waals surface area contributed by atoms with Gasteiger partial charge in [0.1, 0.15) is 11.3 Å². The number of thiazole rings is 1. The molecule has 2 saturated carbocycles. The third kappa shape index (κ3) is 7.73. The second kappa shape index (κ2) is 14.9. The number of fused-ring (bicyclic) bond motifs is 1. The van der Waals surface area contributed by atoms with Gasteiger partial charge in [0.05, 0.1) is 30.7 Å². The quantitative estimate of drug-likeness (QED) is 0.432. The molecule has 0 atom stereocenters. The van der Waals surface area contributed by atoms with Crippen molar-refractivity contribution in [3.8, 4) is 5.75 Å². The van der Waals surface area contributed by atoms with Gasteiger partial charge < -0.3 is 24.6 Å². The molecule has 0 unspecified atom stereocenters. The summed E-state index contributed by atoms with van der Waals surface area (Å²) in [5.41, 5.74) is 1.92. The normalized spacial score (nSPS) is 19.7. The fourth-order valence-corrected chi connectivity index (χ4v) is 6.81. The fraction of sp³-hybridized carbons (Fsp3) is 0.724. The molecule has 2 amide bonds. The Morgan fingerprint density at radius 2 is 1.66 bits per heavy atom. The summed E-state index contributed by atoms with van der Waals surface area (Å²) in [6, 6.07) is 5.09. The first kappa shape index (κ1) is 28.9. The number of nitrogens with one attached hydrogen (secondary N) is 2. The number of aromatic nitrogens is 1. The highest BCUT2D eigenvalue weighted by atomic mass is 32.1. The molecule has 3 aliphatic rings. The van der Waals surface area contributed by atoms with Gasteiger partial charge in [-0.2, -0.15) is 0 Å². The number of urea groups is 1. The Morgan fingerprint density at radius 1 is 1.03 bits per heavy atom. The molecule has 3 fully saturated rings. The smallest absolute Gasteiger partial charge is 0.323 e. The molecule has 1 aromatic carbocycles. The molecule has 1 aromatic heterocycles. The number of carbonyl (C=O) groups is 1. The second-order valence-electron chi connectivity index (χ2n) is 10.7. The first-order chi connectivity index (χ1) is 18.6. The molecule has 8 nitrogen and oxygen atoms in total. The Hall–Kier alpha value is -2.10. The average molecular weight is 546 g/mol. The summed E-state index contributed by atoms with van der Waals surface area (Å²) in [5.74, 6) is 0.728. The summed E-state index contributed by atoms with van der Waals surface area (Å²) in [7, 11) is 5.63. The Kier molecular flexibility index (Phi) is 11.3. The minimum absolute atomic E-state index is 0.0807. The average Bonchev–Trinajstić information content (AvgIpc) is 3.14. The lowest BCUT2D eigenvalue weighted by atomic mass is 10.1. The highest BCUT2D eigenvalue weighted by molar-refractivity contribution is 7.23. The Balaban J connectivity index is 0.000000317. The Morgan fingerprint density at radius 3 is 2.26 bits per heavy atom. The predicted molar refractivity (Wildman–Crippen MR) is 158 cm³/mol. The number of amides is 2. The molecule has 2 aromatic rings. The van der Waals surface area contributed by atoms with Crippen LogP contribution in [-0.2, 0) is 4.74 Å². The van der Waals surface area contributed by atoms with Gasteiger partial charge >= 0.3 is 6.03 Å². The molecular formula is C29H47N5O3S. The number of nitrogens with zero attached hydrogens (tertiary/aromatic N) is 3. The lowest BCUT2D eigenvalue weighted by molar-refractivity contribution is 0.123. The van der Waals surface area contributed by atoms with Gasteiger partial charge in [0.15, 0.2) is 5.13 Å². The van der Waals surface area contributed by atoms with Gasteiger partial charge in [-0.25, -0.2) is 9.78 Å². The van der Waals surface area contributed by atoms with E-state index >= 15 is 0 Å². The number of rotatable bonds is 5. The van der Waals surface area contributed by atoms with Crippen LogP contribution in [0, 0.1) is 0 Å². The molecule has 1 saturated heterocycles. The molecule has 2 N–H and O–H groups in total. The van der Waals surface area contributed by atoms with Crippen molar-refractivity contribution in [2.75, 3.05) is 57.7 Å². The van der Waals surface area contributed by atoms with Gasteiger partial charge in [-0.15, -0.1) is 0 Å². The van der Waals surface area contributed by atoms with Crippen LogP contribution >= 0.6 is 11.3 Å². The molecule has 0 radical (unpaired) electrons. The summed E-state index contributed by atoms with van der Waals surface area (Å²) >= 11 is 1.51. The lowest BCUT2D eigenvalue weighted by Crippen LogP contribution is -2.39. The van der Waals surface area contributed by atoms with Crippen LogP contribution < -0.4 is 20.3 Å². The van der Waals surface area contributed by atoms with Crippen LogP contribution in [-0.4, -0.2) is 75.5 Å². The summed E-state index contributed by atoms with van der Waals surface area (Å²) in [4.78, 5) is 21.7. The lowest BCUT2D eigenvalue weighted by Gasteiger charge is -2.29. The van der Waals surface area contributed by atoms with E-state index in [0.29, 0.717) is 11.2 Å². The maximum atomic E-state index is 12.9. The van der Waals surface area contributed by atoms with Crippen LogP contribution in [0.25, 0.3) is 10.2 Å². The molecule has 2 heterocycles. The van der Waals surface area contributed by atoms with Gasteiger partial charge in [-0.05, 0) is 44.9 Å². The van der Waals surface area contributed by atoms with E-state index < -0.39 is 0 Å². The zero-order chi connectivity index (χ0) is 26.7. The number of carbonyl (C=O) groups excluding carboxylic acids is 1. The van der Waals surface area contributed by atoms with Crippen molar-refractivity contribution in [2.24, 2.45) is 0 Å². The minimum atomic E-state index is -0.0807. The monoisotopic (exact) mass is 545 g/mol. The number of morpholine rings is 1. The minimum Gasteiger partial charge on any atom is -0.494 e. The molecular weight excluding hydrogens is 498 g/mol. The zero-order valence-electron chi connectivity index (χ0n) is 23.6. The van der Waals surface area contributed by atoms with Crippen molar-refractivity contribution in [3.63, 3.8) is 0 Å². The predicted octanol–water partition coefficient (Wildman–Crippen LogP) is 6.26.